The van der Waals surface area contributed by atoms with Crippen LogP contribution >= 0.6 is 0 Å². The van der Waals surface area contributed by atoms with Crippen LogP contribution in [-0.4, -0.2) is 97.0 Å². The van der Waals surface area contributed by atoms with Gasteiger partial charge in [0.05, 0.1) is 0 Å². The number of likely N-dealkylation sites (N-methyl/N-ethyl adjacent to an activating group) is 2. The summed E-state index contributed by atoms with van der Waals surface area (Å²) in [4.78, 5) is 29.8. The van der Waals surface area contributed by atoms with Gasteiger partial charge in [0.25, 0.3) is 5.91 Å². The van der Waals surface area contributed by atoms with Crippen LogP contribution in [0, 0.1) is 0 Å². The third-order valence-electron chi connectivity index (χ3n) is 4.49. The largest absolute Gasteiger partial charge is 0.354 e. The normalized spacial score (nSPS) is 21.2. The Morgan fingerprint density at radius 1 is 0.909 bits per heavy atom. The molecule has 2 saturated heterocycles. The van der Waals surface area contributed by atoms with Crippen LogP contribution < -0.4 is 4.90 Å². The van der Waals surface area contributed by atoms with Gasteiger partial charge in [0.15, 0.2) is 0 Å². The Kier molecular flexibility index (Phi) is 4.54. The van der Waals surface area contributed by atoms with Gasteiger partial charge in [-0.05, 0) is 14.1 Å². The van der Waals surface area contributed by atoms with Crippen molar-refractivity contribution in [3.63, 3.8) is 0 Å². The van der Waals surface area contributed by atoms with E-state index >= 15 is 0 Å². The first kappa shape index (κ1) is 15.2. The summed E-state index contributed by atoms with van der Waals surface area (Å²) in [6.07, 6.45) is 1.51. The van der Waals surface area contributed by atoms with E-state index in [9.17, 15) is 4.79 Å². The fourth-order valence-corrected chi connectivity index (χ4v) is 2.84. The molecular weight excluding hydrogens is 280 g/mol. The number of carbonyl (C=O) groups is 1. The van der Waals surface area contributed by atoms with Gasteiger partial charge < -0.3 is 19.6 Å². The predicted molar refractivity (Wildman–Crippen MR) is 85.1 cm³/mol. The molecule has 7 nitrogen and oxygen atoms in total. The fourth-order valence-electron chi connectivity index (χ4n) is 2.84. The molecular formula is C15H24N6O. The molecule has 3 rings (SSSR count). The van der Waals surface area contributed by atoms with Gasteiger partial charge in [0, 0.05) is 58.4 Å². The van der Waals surface area contributed by atoms with Crippen LogP contribution in [0.15, 0.2) is 12.4 Å². The number of hydrogen-bond acceptors (Lipinski definition) is 6. The third-order valence-corrected chi connectivity index (χ3v) is 4.49. The van der Waals surface area contributed by atoms with Gasteiger partial charge >= 0.3 is 0 Å². The van der Waals surface area contributed by atoms with E-state index in [0.29, 0.717) is 5.69 Å². The molecule has 0 aromatic carbocycles. The number of carbonyl (C=O) groups excluding carboxylic acids is 1. The van der Waals surface area contributed by atoms with Crippen molar-refractivity contribution in [1.82, 2.24) is 24.7 Å². The van der Waals surface area contributed by atoms with Gasteiger partial charge in [-0.1, -0.05) is 0 Å². The van der Waals surface area contributed by atoms with Gasteiger partial charge in [0.1, 0.15) is 17.8 Å². The molecule has 1 aromatic rings. The Hall–Kier alpha value is -1.73. The summed E-state index contributed by atoms with van der Waals surface area (Å²) in [7, 11) is 4.21. The lowest BCUT2D eigenvalue weighted by molar-refractivity contribution is 0.0658. The van der Waals surface area contributed by atoms with E-state index in [1.165, 1.54) is 6.33 Å². The Morgan fingerprint density at radius 2 is 1.50 bits per heavy atom. The Morgan fingerprint density at radius 3 is 2.14 bits per heavy atom. The zero-order valence-corrected chi connectivity index (χ0v) is 13.4. The highest BCUT2D eigenvalue weighted by molar-refractivity contribution is 5.93. The first-order chi connectivity index (χ1) is 10.6. The van der Waals surface area contributed by atoms with E-state index < -0.39 is 0 Å². The number of piperazine rings is 2. The lowest BCUT2D eigenvalue weighted by Crippen LogP contribution is -2.47. The highest BCUT2D eigenvalue weighted by Gasteiger charge is 2.23. The van der Waals surface area contributed by atoms with Crippen molar-refractivity contribution < 1.29 is 4.79 Å². The molecule has 3 heterocycles. The summed E-state index contributed by atoms with van der Waals surface area (Å²) in [6, 6.07) is 1.84. The van der Waals surface area contributed by atoms with E-state index in [0.717, 1.165) is 58.2 Å². The maximum atomic E-state index is 12.6. The molecule has 1 amide bonds. The second-order valence-corrected chi connectivity index (χ2v) is 6.15. The fraction of sp³-hybridized carbons (Fsp3) is 0.667. The van der Waals surface area contributed by atoms with Crippen molar-refractivity contribution in [2.24, 2.45) is 0 Å². The van der Waals surface area contributed by atoms with E-state index in [-0.39, 0.29) is 5.91 Å². The SMILES string of the molecule is CN1CCN(C(=O)c2cc(N3CCN(C)CC3)ncn2)CC1. The summed E-state index contributed by atoms with van der Waals surface area (Å²) in [5.74, 6) is 0.881. The van der Waals surface area contributed by atoms with E-state index in [1.54, 1.807) is 0 Å². The van der Waals surface area contributed by atoms with Crippen molar-refractivity contribution in [1.29, 1.82) is 0 Å². The molecule has 0 aliphatic carbocycles. The highest BCUT2D eigenvalue weighted by Crippen LogP contribution is 2.15. The summed E-state index contributed by atoms with van der Waals surface area (Å²) in [6.45, 7) is 7.29. The van der Waals surface area contributed by atoms with Crippen LogP contribution in [0.4, 0.5) is 5.82 Å². The quantitative estimate of drug-likeness (QED) is 0.742. The predicted octanol–water partition coefficient (Wildman–Crippen LogP) is -0.384. The van der Waals surface area contributed by atoms with Crippen molar-refractivity contribution >= 4 is 11.7 Å². The number of nitrogens with zero attached hydrogens (tertiary/aromatic N) is 6. The molecule has 0 spiro atoms. The zero-order valence-electron chi connectivity index (χ0n) is 13.4. The molecule has 120 valence electrons. The molecule has 0 bridgehead atoms. The minimum Gasteiger partial charge on any atom is -0.354 e. The van der Waals surface area contributed by atoms with Crippen LogP contribution in [0.5, 0.6) is 0 Å². The van der Waals surface area contributed by atoms with Crippen molar-refractivity contribution in [2.75, 3.05) is 71.4 Å². The van der Waals surface area contributed by atoms with Crippen LogP contribution in [0.25, 0.3) is 0 Å². The van der Waals surface area contributed by atoms with Gasteiger partial charge in [-0.3, -0.25) is 4.79 Å². The molecule has 1 aromatic heterocycles. The van der Waals surface area contributed by atoms with E-state index in [1.807, 2.05) is 11.0 Å². The van der Waals surface area contributed by atoms with Crippen LogP contribution in [-0.2, 0) is 0 Å². The molecule has 2 fully saturated rings. The third kappa shape index (κ3) is 3.36. The Labute approximate surface area is 131 Å². The second kappa shape index (κ2) is 6.58. The smallest absolute Gasteiger partial charge is 0.272 e. The highest BCUT2D eigenvalue weighted by atomic mass is 16.2. The van der Waals surface area contributed by atoms with E-state index in [4.69, 9.17) is 0 Å². The molecule has 0 atom stereocenters. The maximum Gasteiger partial charge on any atom is 0.272 e. The number of anilines is 1. The minimum atomic E-state index is 0.0193. The van der Waals surface area contributed by atoms with Crippen LogP contribution in [0.3, 0.4) is 0 Å². The number of aromatic nitrogens is 2. The zero-order chi connectivity index (χ0) is 15.5. The molecule has 0 unspecified atom stereocenters. The van der Waals surface area contributed by atoms with Gasteiger partial charge in [-0.25, -0.2) is 9.97 Å². The number of amides is 1. The standard InChI is InChI=1S/C15H24N6O/c1-18-3-7-20(8-4-18)14-11-13(16-12-17-14)15(22)21-9-5-19(2)6-10-21/h11-12H,3-10H2,1-2H3. The monoisotopic (exact) mass is 304 g/mol. The molecule has 2 aliphatic heterocycles. The number of hydrogen-bond donors (Lipinski definition) is 0. The van der Waals surface area contributed by atoms with Crippen LogP contribution in [0.1, 0.15) is 10.5 Å². The van der Waals surface area contributed by atoms with Crippen molar-refractivity contribution in [3.8, 4) is 0 Å². The average molecular weight is 304 g/mol. The molecule has 0 saturated carbocycles. The first-order valence-corrected chi connectivity index (χ1v) is 7.87. The maximum absolute atomic E-state index is 12.6. The molecule has 0 radical (unpaired) electrons. The molecule has 0 N–H and O–H groups in total. The summed E-state index contributed by atoms with van der Waals surface area (Å²) in [5.41, 5.74) is 0.508. The molecule has 22 heavy (non-hydrogen) atoms. The topological polar surface area (TPSA) is 55.8 Å². The second-order valence-electron chi connectivity index (χ2n) is 6.15. The average Bonchev–Trinajstić information content (AvgIpc) is 2.56. The van der Waals surface area contributed by atoms with Gasteiger partial charge in [0.2, 0.25) is 0 Å². The number of rotatable bonds is 2. The van der Waals surface area contributed by atoms with Crippen molar-refractivity contribution in [3.05, 3.63) is 18.1 Å². The molecule has 2 aliphatic rings. The van der Waals surface area contributed by atoms with Gasteiger partial charge in [-0.2, -0.15) is 0 Å². The summed E-state index contributed by atoms with van der Waals surface area (Å²) < 4.78 is 0. The van der Waals surface area contributed by atoms with Gasteiger partial charge in [-0.15, -0.1) is 0 Å². The van der Waals surface area contributed by atoms with Crippen LogP contribution in [0.2, 0.25) is 0 Å². The minimum absolute atomic E-state index is 0.0193. The van der Waals surface area contributed by atoms with Crippen molar-refractivity contribution in [2.45, 2.75) is 0 Å². The van der Waals surface area contributed by atoms with E-state index in [2.05, 4.69) is 38.8 Å². The Bertz CT molecular complexity index is 521. The lowest BCUT2D eigenvalue weighted by Gasteiger charge is -2.34. The Balaban J connectivity index is 1.69. The first-order valence-electron chi connectivity index (χ1n) is 7.87. The molecule has 7 heteroatoms. The lowest BCUT2D eigenvalue weighted by atomic mass is 10.2. The summed E-state index contributed by atoms with van der Waals surface area (Å²) >= 11 is 0. The summed E-state index contributed by atoms with van der Waals surface area (Å²) in [5, 5.41) is 0.